The molecule has 0 bridgehead atoms. The summed E-state index contributed by atoms with van der Waals surface area (Å²) in [4.78, 5) is 2.86. The Balaban J connectivity index is 1.88. The van der Waals surface area contributed by atoms with Crippen molar-refractivity contribution in [3.63, 3.8) is 0 Å². The highest BCUT2D eigenvalue weighted by Gasteiger charge is 2.17. The Morgan fingerprint density at radius 2 is 1.95 bits per heavy atom. The van der Waals surface area contributed by atoms with Crippen LogP contribution in [0.15, 0.2) is 24.3 Å². The van der Waals surface area contributed by atoms with E-state index in [2.05, 4.69) is 25.1 Å². The maximum Gasteiger partial charge on any atom is 0.121 e. The lowest BCUT2D eigenvalue weighted by atomic mass is 10.0. The molecule has 0 fully saturated rings. The molecule has 1 atom stereocenters. The molecule has 0 saturated carbocycles. The van der Waals surface area contributed by atoms with Gasteiger partial charge < -0.3 is 10.5 Å². The molecule has 1 aromatic carbocycles. The van der Waals surface area contributed by atoms with E-state index < -0.39 is 0 Å². The van der Waals surface area contributed by atoms with Crippen molar-refractivity contribution < 1.29 is 4.74 Å². The predicted octanol–water partition coefficient (Wildman–Crippen LogP) is 4.38. The van der Waals surface area contributed by atoms with E-state index in [4.69, 9.17) is 10.5 Å². The molecule has 1 unspecified atom stereocenters. The minimum atomic E-state index is -0.0217. The minimum absolute atomic E-state index is 0.0217. The molecule has 112 valence electrons. The van der Waals surface area contributed by atoms with Crippen LogP contribution in [0.25, 0.3) is 0 Å². The zero-order valence-corrected chi connectivity index (χ0v) is 13.6. The molecule has 3 rings (SSSR count). The molecule has 2 nitrogen and oxygen atoms in total. The Labute approximate surface area is 130 Å². The van der Waals surface area contributed by atoms with Gasteiger partial charge >= 0.3 is 0 Å². The number of ether oxygens (including phenoxy) is 1. The second-order valence-corrected chi connectivity index (χ2v) is 7.03. The number of hydrogen-bond donors (Lipinski definition) is 1. The molecule has 0 spiro atoms. The average Bonchev–Trinajstić information content (AvgIpc) is 2.77. The fourth-order valence-electron chi connectivity index (χ4n) is 3.10. The van der Waals surface area contributed by atoms with Gasteiger partial charge in [0.25, 0.3) is 0 Å². The molecular formula is C18H23NOS. The number of fused-ring (bicyclic) bond motifs is 1. The van der Waals surface area contributed by atoms with Gasteiger partial charge in [0.05, 0.1) is 13.2 Å². The van der Waals surface area contributed by atoms with E-state index in [0.29, 0.717) is 0 Å². The lowest BCUT2D eigenvalue weighted by molar-refractivity contribution is 0.411. The summed E-state index contributed by atoms with van der Waals surface area (Å²) in [5.74, 6) is 0.924. The quantitative estimate of drug-likeness (QED) is 0.854. The number of hydrogen-bond acceptors (Lipinski definition) is 3. The molecule has 0 amide bonds. The summed E-state index contributed by atoms with van der Waals surface area (Å²) >= 11 is 1.91. The smallest absolute Gasteiger partial charge is 0.121 e. The summed E-state index contributed by atoms with van der Waals surface area (Å²) in [7, 11) is 1.71. The number of benzene rings is 1. The maximum atomic E-state index is 6.50. The minimum Gasteiger partial charge on any atom is -0.496 e. The third kappa shape index (κ3) is 2.99. The van der Waals surface area contributed by atoms with Gasteiger partial charge in [0.2, 0.25) is 0 Å². The highest BCUT2D eigenvalue weighted by atomic mass is 32.1. The summed E-state index contributed by atoms with van der Waals surface area (Å²) in [5, 5.41) is 0. The van der Waals surface area contributed by atoms with Crippen LogP contribution in [0.3, 0.4) is 0 Å². The first kappa shape index (κ1) is 14.6. The molecule has 0 radical (unpaired) electrons. The van der Waals surface area contributed by atoms with Gasteiger partial charge in [-0.25, -0.2) is 0 Å². The van der Waals surface area contributed by atoms with Crippen molar-refractivity contribution in [2.24, 2.45) is 5.73 Å². The molecule has 21 heavy (non-hydrogen) atoms. The highest BCUT2D eigenvalue weighted by Crippen LogP contribution is 2.34. The Morgan fingerprint density at radius 3 is 2.71 bits per heavy atom. The number of rotatable bonds is 3. The number of thiophene rings is 1. The van der Waals surface area contributed by atoms with Crippen molar-refractivity contribution in [2.75, 3.05) is 7.11 Å². The molecule has 2 aromatic rings. The second-order valence-electron chi connectivity index (χ2n) is 5.86. The van der Waals surface area contributed by atoms with Crippen LogP contribution in [-0.2, 0) is 12.8 Å². The van der Waals surface area contributed by atoms with Gasteiger partial charge in [-0.1, -0.05) is 18.6 Å². The zero-order chi connectivity index (χ0) is 14.8. The fourth-order valence-corrected chi connectivity index (χ4v) is 4.39. The molecule has 1 aliphatic carbocycles. The molecule has 0 aliphatic heterocycles. The van der Waals surface area contributed by atoms with Crippen LogP contribution in [0, 0.1) is 6.92 Å². The lowest BCUT2D eigenvalue weighted by Gasteiger charge is -2.13. The van der Waals surface area contributed by atoms with Gasteiger partial charge in [-0.2, -0.15) is 0 Å². The first-order valence-corrected chi connectivity index (χ1v) is 8.52. The summed E-state index contributed by atoms with van der Waals surface area (Å²) in [6.45, 7) is 2.07. The van der Waals surface area contributed by atoms with E-state index in [1.807, 2.05) is 17.4 Å². The van der Waals surface area contributed by atoms with E-state index in [1.54, 1.807) is 12.0 Å². The second kappa shape index (κ2) is 6.20. The lowest BCUT2D eigenvalue weighted by Crippen LogP contribution is -2.10. The molecule has 0 saturated heterocycles. The third-order valence-corrected chi connectivity index (χ3v) is 5.67. The van der Waals surface area contributed by atoms with Crippen molar-refractivity contribution in [1.29, 1.82) is 0 Å². The van der Waals surface area contributed by atoms with Crippen LogP contribution in [0.2, 0.25) is 0 Å². The molecule has 1 aromatic heterocycles. The van der Waals surface area contributed by atoms with Crippen molar-refractivity contribution in [3.05, 3.63) is 50.7 Å². The van der Waals surface area contributed by atoms with Crippen LogP contribution in [0.5, 0.6) is 5.75 Å². The largest absolute Gasteiger partial charge is 0.496 e. The Hall–Kier alpha value is -1.32. The van der Waals surface area contributed by atoms with Crippen LogP contribution in [0.4, 0.5) is 0 Å². The van der Waals surface area contributed by atoms with Gasteiger partial charge in [-0.05, 0) is 61.4 Å². The van der Waals surface area contributed by atoms with E-state index >= 15 is 0 Å². The first-order chi connectivity index (χ1) is 10.2. The molecule has 2 N–H and O–H groups in total. The van der Waals surface area contributed by atoms with Gasteiger partial charge in [-0.15, -0.1) is 11.3 Å². The van der Waals surface area contributed by atoms with Crippen LogP contribution in [0.1, 0.15) is 51.7 Å². The fraction of sp³-hybridized carbons (Fsp3) is 0.444. The Kier molecular flexibility index (Phi) is 4.32. The van der Waals surface area contributed by atoms with E-state index in [1.165, 1.54) is 48.1 Å². The maximum absolute atomic E-state index is 6.50. The summed E-state index contributed by atoms with van der Waals surface area (Å²) in [5.41, 5.74) is 10.3. The summed E-state index contributed by atoms with van der Waals surface area (Å²) < 4.78 is 5.33. The first-order valence-electron chi connectivity index (χ1n) is 7.70. The van der Waals surface area contributed by atoms with Gasteiger partial charge in [0, 0.05) is 9.75 Å². The van der Waals surface area contributed by atoms with Crippen LogP contribution in [-0.4, -0.2) is 7.11 Å². The van der Waals surface area contributed by atoms with Crippen molar-refractivity contribution in [1.82, 2.24) is 0 Å². The van der Waals surface area contributed by atoms with Gasteiger partial charge in [-0.3, -0.25) is 0 Å². The van der Waals surface area contributed by atoms with Gasteiger partial charge in [0.1, 0.15) is 5.75 Å². The van der Waals surface area contributed by atoms with Crippen LogP contribution >= 0.6 is 11.3 Å². The zero-order valence-electron chi connectivity index (χ0n) is 12.8. The number of nitrogens with two attached hydrogens (primary N) is 1. The van der Waals surface area contributed by atoms with E-state index in [0.717, 1.165) is 11.3 Å². The highest BCUT2D eigenvalue weighted by molar-refractivity contribution is 7.12. The Morgan fingerprint density at radius 1 is 1.14 bits per heavy atom. The monoisotopic (exact) mass is 301 g/mol. The predicted molar refractivity (Wildman–Crippen MR) is 89.3 cm³/mol. The Bertz CT molecular complexity index is 609. The summed E-state index contributed by atoms with van der Waals surface area (Å²) in [6.07, 6.45) is 6.46. The molecule has 1 aliphatic rings. The molecule has 3 heteroatoms. The number of methoxy groups -OCH3 is 1. The van der Waals surface area contributed by atoms with Crippen molar-refractivity contribution in [3.8, 4) is 5.75 Å². The standard InChI is InChI=1S/C18H23NOS/c1-12-10-14(8-9-15(12)20-2)18(19)17-11-13-6-4-3-5-7-16(13)21-17/h8-11,18H,3-7,19H2,1-2H3. The molecule has 1 heterocycles. The number of aryl methyl sites for hydroxylation is 3. The van der Waals surface area contributed by atoms with Crippen molar-refractivity contribution in [2.45, 2.75) is 45.1 Å². The van der Waals surface area contributed by atoms with Gasteiger partial charge in [0.15, 0.2) is 0 Å². The summed E-state index contributed by atoms with van der Waals surface area (Å²) in [6, 6.07) is 8.57. The SMILES string of the molecule is COc1ccc(C(N)c2cc3c(s2)CCCCC3)cc1C. The molecular weight excluding hydrogens is 278 g/mol. The van der Waals surface area contributed by atoms with Crippen LogP contribution < -0.4 is 10.5 Å². The normalized spacial score (nSPS) is 16.1. The van der Waals surface area contributed by atoms with E-state index in [-0.39, 0.29) is 6.04 Å². The topological polar surface area (TPSA) is 35.2 Å². The van der Waals surface area contributed by atoms with Crippen molar-refractivity contribution >= 4 is 11.3 Å². The average molecular weight is 301 g/mol. The third-order valence-electron chi connectivity index (χ3n) is 4.35. The van der Waals surface area contributed by atoms with E-state index in [9.17, 15) is 0 Å².